The smallest absolute Gasteiger partial charge is 0.0193 e. The fourth-order valence-corrected chi connectivity index (χ4v) is 1.66. The molecular weight excluding hydrogens is 160 g/mol. The van der Waals surface area contributed by atoms with Crippen LogP contribution in [0.25, 0.3) is 0 Å². The molecule has 0 aromatic carbocycles. The van der Waals surface area contributed by atoms with Crippen LogP contribution in [0, 0.1) is 0 Å². The van der Waals surface area contributed by atoms with Crippen molar-refractivity contribution in [2.24, 2.45) is 0 Å². The van der Waals surface area contributed by atoms with Crippen molar-refractivity contribution in [1.29, 1.82) is 0 Å². The maximum Gasteiger partial charge on any atom is 0.0193 e. The molecule has 2 heteroatoms. The second kappa shape index (κ2) is 5.40. The first-order valence-electron chi connectivity index (χ1n) is 5.38. The Morgan fingerprint density at radius 3 is 2.46 bits per heavy atom. The van der Waals surface area contributed by atoms with Crippen LogP contribution in [0.1, 0.15) is 27.2 Å². The van der Waals surface area contributed by atoms with Crippen molar-refractivity contribution in [3.05, 3.63) is 11.1 Å². The van der Waals surface area contributed by atoms with Gasteiger partial charge in [0.25, 0.3) is 0 Å². The van der Waals surface area contributed by atoms with Crippen LogP contribution in [0.5, 0.6) is 0 Å². The number of likely N-dealkylation sites (N-methyl/N-ethyl adjacent to an activating group) is 1. The molecule has 0 amide bonds. The third-order valence-electron chi connectivity index (χ3n) is 2.73. The average Bonchev–Trinajstić information content (AvgIpc) is 2.00. The Morgan fingerprint density at radius 1 is 1.38 bits per heavy atom. The van der Waals surface area contributed by atoms with Gasteiger partial charge in [0.1, 0.15) is 0 Å². The maximum absolute atomic E-state index is 3.29. The first-order chi connectivity index (χ1) is 6.27. The molecule has 0 atom stereocenters. The molecule has 1 aliphatic rings. The van der Waals surface area contributed by atoms with Gasteiger partial charge in [-0.25, -0.2) is 0 Å². The normalized spacial score (nSPS) is 16.2. The molecule has 0 unspecified atom stereocenters. The zero-order chi connectivity index (χ0) is 9.68. The standard InChI is InChI=1S/C11H22N2/c1-4-6-13(5-2)9-10(3)11-7-12-8-11/h12H,4-9H2,1-3H3. The minimum atomic E-state index is 1.12. The quantitative estimate of drug-likeness (QED) is 0.650. The van der Waals surface area contributed by atoms with E-state index in [9.17, 15) is 0 Å². The van der Waals surface area contributed by atoms with Crippen LogP contribution in [0.15, 0.2) is 11.1 Å². The van der Waals surface area contributed by atoms with E-state index in [1.807, 2.05) is 0 Å². The lowest BCUT2D eigenvalue weighted by atomic mass is 10.0. The van der Waals surface area contributed by atoms with Gasteiger partial charge in [0.2, 0.25) is 0 Å². The topological polar surface area (TPSA) is 15.3 Å². The summed E-state index contributed by atoms with van der Waals surface area (Å²) in [5.74, 6) is 0. The molecule has 0 aromatic rings. The fraction of sp³-hybridized carbons (Fsp3) is 0.818. The van der Waals surface area contributed by atoms with Crippen LogP contribution in [0.3, 0.4) is 0 Å². The molecule has 13 heavy (non-hydrogen) atoms. The van der Waals surface area contributed by atoms with Crippen molar-refractivity contribution >= 4 is 0 Å². The van der Waals surface area contributed by atoms with Crippen molar-refractivity contribution in [1.82, 2.24) is 10.2 Å². The first-order valence-corrected chi connectivity index (χ1v) is 5.38. The zero-order valence-corrected chi connectivity index (χ0v) is 9.19. The summed E-state index contributed by atoms with van der Waals surface area (Å²) in [4.78, 5) is 2.51. The highest BCUT2D eigenvalue weighted by Gasteiger charge is 2.12. The second-order valence-electron chi connectivity index (χ2n) is 3.86. The lowest BCUT2D eigenvalue weighted by Gasteiger charge is -2.26. The lowest BCUT2D eigenvalue weighted by molar-refractivity contribution is 0.311. The average molecular weight is 182 g/mol. The third kappa shape index (κ3) is 3.12. The number of hydrogen-bond acceptors (Lipinski definition) is 2. The van der Waals surface area contributed by atoms with Crippen molar-refractivity contribution < 1.29 is 0 Å². The van der Waals surface area contributed by atoms with Gasteiger partial charge in [-0.15, -0.1) is 0 Å². The zero-order valence-electron chi connectivity index (χ0n) is 9.19. The molecular formula is C11H22N2. The van der Waals surface area contributed by atoms with Gasteiger partial charge in [0, 0.05) is 19.6 Å². The summed E-state index contributed by atoms with van der Waals surface area (Å²) < 4.78 is 0. The number of hydrogen-bond donors (Lipinski definition) is 1. The molecule has 76 valence electrons. The monoisotopic (exact) mass is 182 g/mol. The Hall–Kier alpha value is -0.340. The summed E-state index contributed by atoms with van der Waals surface area (Å²) in [5.41, 5.74) is 3.20. The Labute approximate surface area is 82.0 Å². The van der Waals surface area contributed by atoms with Gasteiger partial charge in [-0.1, -0.05) is 19.4 Å². The molecule has 0 radical (unpaired) electrons. The predicted octanol–water partition coefficient (Wildman–Crippen LogP) is 1.64. The van der Waals surface area contributed by atoms with E-state index in [2.05, 4.69) is 31.0 Å². The fourth-order valence-electron chi connectivity index (χ4n) is 1.66. The van der Waals surface area contributed by atoms with Gasteiger partial charge in [0.05, 0.1) is 0 Å². The Kier molecular flexibility index (Phi) is 4.46. The van der Waals surface area contributed by atoms with Crippen LogP contribution in [0.2, 0.25) is 0 Å². The van der Waals surface area contributed by atoms with E-state index in [0.717, 1.165) is 13.1 Å². The molecule has 1 aliphatic heterocycles. The summed E-state index contributed by atoms with van der Waals surface area (Å²) in [7, 11) is 0. The Morgan fingerprint density at radius 2 is 2.08 bits per heavy atom. The lowest BCUT2D eigenvalue weighted by Crippen LogP contribution is -2.37. The highest BCUT2D eigenvalue weighted by atomic mass is 15.1. The highest BCUT2D eigenvalue weighted by Crippen LogP contribution is 2.10. The summed E-state index contributed by atoms with van der Waals surface area (Å²) in [6.07, 6.45) is 1.26. The van der Waals surface area contributed by atoms with Crippen molar-refractivity contribution in [2.45, 2.75) is 27.2 Å². The molecule has 0 saturated carbocycles. The van der Waals surface area contributed by atoms with Gasteiger partial charge < -0.3 is 5.32 Å². The van der Waals surface area contributed by atoms with Crippen molar-refractivity contribution in [3.63, 3.8) is 0 Å². The van der Waals surface area contributed by atoms with Gasteiger partial charge >= 0.3 is 0 Å². The largest absolute Gasteiger partial charge is 0.309 e. The van der Waals surface area contributed by atoms with E-state index in [1.165, 1.54) is 26.1 Å². The molecule has 0 aromatic heterocycles. The van der Waals surface area contributed by atoms with E-state index < -0.39 is 0 Å². The highest BCUT2D eigenvalue weighted by molar-refractivity contribution is 5.22. The number of rotatable bonds is 5. The van der Waals surface area contributed by atoms with Gasteiger partial charge in [-0.05, 0) is 32.0 Å². The number of nitrogens with zero attached hydrogens (tertiary/aromatic N) is 1. The molecule has 1 fully saturated rings. The van der Waals surface area contributed by atoms with Crippen LogP contribution >= 0.6 is 0 Å². The van der Waals surface area contributed by atoms with Gasteiger partial charge in [0.15, 0.2) is 0 Å². The van der Waals surface area contributed by atoms with Gasteiger partial charge in [-0.2, -0.15) is 0 Å². The summed E-state index contributed by atoms with van der Waals surface area (Å²) in [5, 5.41) is 3.29. The van der Waals surface area contributed by atoms with Crippen LogP contribution in [-0.4, -0.2) is 37.6 Å². The third-order valence-corrected chi connectivity index (χ3v) is 2.73. The molecule has 0 spiro atoms. The second-order valence-corrected chi connectivity index (χ2v) is 3.86. The SMILES string of the molecule is CCCN(CC)CC(C)=C1CNC1. The molecule has 1 saturated heterocycles. The van der Waals surface area contributed by atoms with Crippen LogP contribution in [-0.2, 0) is 0 Å². The van der Waals surface area contributed by atoms with E-state index in [4.69, 9.17) is 0 Å². The molecule has 1 rings (SSSR count). The van der Waals surface area contributed by atoms with Crippen molar-refractivity contribution in [2.75, 3.05) is 32.7 Å². The Balaban J connectivity index is 2.36. The predicted molar refractivity (Wildman–Crippen MR) is 58.0 cm³/mol. The minimum absolute atomic E-state index is 1.12. The van der Waals surface area contributed by atoms with Crippen LogP contribution in [0.4, 0.5) is 0 Å². The molecule has 0 bridgehead atoms. The summed E-state index contributed by atoms with van der Waals surface area (Å²) in [6.45, 7) is 12.6. The first kappa shape index (κ1) is 10.7. The minimum Gasteiger partial charge on any atom is -0.309 e. The molecule has 1 heterocycles. The van der Waals surface area contributed by atoms with Crippen LogP contribution < -0.4 is 5.32 Å². The van der Waals surface area contributed by atoms with E-state index in [-0.39, 0.29) is 0 Å². The summed E-state index contributed by atoms with van der Waals surface area (Å²) in [6, 6.07) is 0. The van der Waals surface area contributed by atoms with E-state index in [0.29, 0.717) is 0 Å². The van der Waals surface area contributed by atoms with E-state index in [1.54, 1.807) is 11.1 Å². The Bertz CT molecular complexity index is 179. The maximum atomic E-state index is 3.29. The summed E-state index contributed by atoms with van der Waals surface area (Å²) >= 11 is 0. The molecule has 1 N–H and O–H groups in total. The molecule has 0 aliphatic carbocycles. The molecule has 2 nitrogen and oxygen atoms in total. The van der Waals surface area contributed by atoms with Crippen molar-refractivity contribution in [3.8, 4) is 0 Å². The van der Waals surface area contributed by atoms with E-state index >= 15 is 0 Å². The number of nitrogens with one attached hydrogen (secondary N) is 1. The van der Waals surface area contributed by atoms with Gasteiger partial charge in [-0.3, -0.25) is 4.90 Å².